The van der Waals surface area contributed by atoms with Gasteiger partial charge in [-0.1, -0.05) is 58.5 Å². The van der Waals surface area contributed by atoms with Crippen LogP contribution in [0.25, 0.3) is 0 Å². The summed E-state index contributed by atoms with van der Waals surface area (Å²) in [5.74, 6) is 0. The monoisotopic (exact) mass is 518 g/mol. The highest BCUT2D eigenvalue weighted by Gasteiger charge is 2.07. The normalized spacial score (nSPS) is 10.2. The zero-order chi connectivity index (χ0) is 21.7. The Morgan fingerprint density at radius 3 is 1.23 bits per heavy atom. The number of nitrogens with zero attached hydrogens (tertiary/aromatic N) is 4. The van der Waals surface area contributed by atoms with Crippen LogP contribution in [0.15, 0.2) is 61.2 Å². The van der Waals surface area contributed by atoms with Crippen molar-refractivity contribution in [3.05, 3.63) is 92.4 Å². The van der Waals surface area contributed by atoms with Crippen molar-refractivity contribution >= 4 is 70.2 Å². The van der Waals surface area contributed by atoms with E-state index in [0.29, 0.717) is 44.6 Å². The maximum atomic E-state index is 6.03. The number of halogens is 5. The Balaban J connectivity index is 0.000000213. The topological polar surface area (TPSA) is 87.7 Å². The molecule has 11 heteroatoms. The van der Waals surface area contributed by atoms with Crippen molar-refractivity contribution in [1.82, 2.24) is 19.6 Å². The third-order valence-electron chi connectivity index (χ3n) is 4.07. The summed E-state index contributed by atoms with van der Waals surface area (Å²) in [6, 6.07) is 10.8. The number of nitrogen functional groups attached to an aromatic ring is 2. The summed E-state index contributed by atoms with van der Waals surface area (Å²) in [6.45, 7) is 1.05. The second-order valence-electron chi connectivity index (χ2n) is 6.34. The average Bonchev–Trinajstić information content (AvgIpc) is 3.30. The number of benzene rings is 2. The van der Waals surface area contributed by atoms with Crippen LogP contribution in [-0.4, -0.2) is 19.6 Å². The molecular weight excluding hydrogens is 502 g/mol. The van der Waals surface area contributed by atoms with Gasteiger partial charge in [0.15, 0.2) is 0 Å². The Hall–Kier alpha value is -2.09. The quantitative estimate of drug-likeness (QED) is 0.342. The van der Waals surface area contributed by atoms with E-state index in [-0.39, 0.29) is 12.4 Å². The van der Waals surface area contributed by atoms with Crippen LogP contribution < -0.4 is 11.5 Å². The third-order valence-corrected chi connectivity index (χ3v) is 5.49. The number of rotatable bonds is 4. The predicted octanol–water partition coefficient (Wildman–Crippen LogP) is 6.06. The summed E-state index contributed by atoms with van der Waals surface area (Å²) in [7, 11) is 0. The minimum atomic E-state index is 0. The van der Waals surface area contributed by atoms with Crippen molar-refractivity contribution < 1.29 is 0 Å². The van der Waals surface area contributed by atoms with Gasteiger partial charge in [-0.25, -0.2) is 0 Å². The highest BCUT2D eigenvalue weighted by atomic mass is 35.5. The summed E-state index contributed by atoms with van der Waals surface area (Å²) >= 11 is 24.1. The third kappa shape index (κ3) is 6.95. The molecule has 0 saturated carbocycles. The smallest absolute Gasteiger partial charge is 0.0719 e. The molecule has 2 aromatic carbocycles. The molecule has 31 heavy (non-hydrogen) atoms. The van der Waals surface area contributed by atoms with Crippen LogP contribution in [0.1, 0.15) is 11.1 Å². The predicted molar refractivity (Wildman–Crippen MR) is 132 cm³/mol. The van der Waals surface area contributed by atoms with E-state index < -0.39 is 0 Å². The number of aromatic nitrogens is 4. The molecule has 0 fully saturated rings. The molecular formula is C20H19Cl5N6. The fourth-order valence-corrected chi connectivity index (χ4v) is 3.66. The van der Waals surface area contributed by atoms with Gasteiger partial charge < -0.3 is 11.5 Å². The number of hydrogen-bond donors (Lipinski definition) is 2. The molecule has 0 aliphatic carbocycles. The van der Waals surface area contributed by atoms with E-state index in [1.807, 2.05) is 12.1 Å². The lowest BCUT2D eigenvalue weighted by molar-refractivity contribution is 0.687. The van der Waals surface area contributed by atoms with E-state index in [4.69, 9.17) is 57.9 Å². The van der Waals surface area contributed by atoms with Crippen molar-refractivity contribution in [2.24, 2.45) is 0 Å². The maximum Gasteiger partial charge on any atom is 0.0719 e. The molecule has 164 valence electrons. The van der Waals surface area contributed by atoms with Crippen LogP contribution in [-0.2, 0) is 13.1 Å². The van der Waals surface area contributed by atoms with Crippen LogP contribution in [0.4, 0.5) is 11.4 Å². The van der Waals surface area contributed by atoms with Crippen molar-refractivity contribution in [3.8, 4) is 0 Å². The standard InChI is InChI=1S/2C10H9Cl2N3.ClH/c2*11-9-2-1-3-10(12)8(9)6-15-5-7(13)4-14-15;/h2*1-5H,6,13H2;1H. The highest BCUT2D eigenvalue weighted by Crippen LogP contribution is 2.26. The SMILES string of the molecule is Cl.Nc1cnn(Cc2c(Cl)cccc2Cl)c1.Nc1cnn(Cc2c(Cl)cccc2Cl)c1. The van der Waals surface area contributed by atoms with Crippen molar-refractivity contribution in [2.45, 2.75) is 13.1 Å². The van der Waals surface area contributed by atoms with E-state index in [1.54, 1.807) is 58.4 Å². The minimum Gasteiger partial charge on any atom is -0.396 e. The van der Waals surface area contributed by atoms with Crippen LogP contribution in [0.3, 0.4) is 0 Å². The van der Waals surface area contributed by atoms with E-state index in [2.05, 4.69) is 10.2 Å². The van der Waals surface area contributed by atoms with Gasteiger partial charge >= 0.3 is 0 Å². The van der Waals surface area contributed by atoms with E-state index in [0.717, 1.165) is 11.1 Å². The molecule has 2 aromatic heterocycles. The Morgan fingerprint density at radius 1 is 0.645 bits per heavy atom. The first-order valence-corrected chi connectivity index (χ1v) is 10.3. The molecule has 0 unspecified atom stereocenters. The summed E-state index contributed by atoms with van der Waals surface area (Å²) < 4.78 is 3.39. The fourth-order valence-electron chi connectivity index (χ4n) is 2.62. The summed E-state index contributed by atoms with van der Waals surface area (Å²) in [6.07, 6.45) is 6.65. The molecule has 0 aliphatic rings. The van der Waals surface area contributed by atoms with Gasteiger partial charge in [-0.15, -0.1) is 12.4 Å². The van der Waals surface area contributed by atoms with Gasteiger partial charge in [0.2, 0.25) is 0 Å². The van der Waals surface area contributed by atoms with Crippen LogP contribution in [0, 0.1) is 0 Å². The first-order valence-electron chi connectivity index (χ1n) is 8.75. The Labute approximate surface area is 206 Å². The molecule has 0 atom stereocenters. The van der Waals surface area contributed by atoms with Gasteiger partial charge in [0.1, 0.15) is 0 Å². The molecule has 0 amide bonds. The second-order valence-corrected chi connectivity index (χ2v) is 7.97. The number of nitrogens with two attached hydrogens (primary N) is 2. The number of hydrogen-bond acceptors (Lipinski definition) is 4. The van der Waals surface area contributed by atoms with E-state index >= 15 is 0 Å². The lowest BCUT2D eigenvalue weighted by atomic mass is 10.2. The van der Waals surface area contributed by atoms with Crippen LogP contribution in [0.5, 0.6) is 0 Å². The van der Waals surface area contributed by atoms with E-state index in [9.17, 15) is 0 Å². The minimum absolute atomic E-state index is 0. The van der Waals surface area contributed by atoms with Crippen LogP contribution in [0.2, 0.25) is 20.1 Å². The van der Waals surface area contributed by atoms with Gasteiger partial charge in [-0.3, -0.25) is 9.36 Å². The van der Waals surface area contributed by atoms with Crippen molar-refractivity contribution in [3.63, 3.8) is 0 Å². The molecule has 0 bridgehead atoms. The Morgan fingerprint density at radius 2 is 0.968 bits per heavy atom. The van der Waals surface area contributed by atoms with Crippen molar-refractivity contribution in [2.75, 3.05) is 11.5 Å². The molecule has 0 radical (unpaired) electrons. The zero-order valence-electron chi connectivity index (χ0n) is 16.1. The molecule has 0 saturated heterocycles. The first kappa shape index (κ1) is 25.2. The van der Waals surface area contributed by atoms with Gasteiger partial charge in [0.05, 0.1) is 36.9 Å². The zero-order valence-corrected chi connectivity index (χ0v) is 19.9. The maximum absolute atomic E-state index is 6.03. The van der Waals surface area contributed by atoms with Crippen LogP contribution >= 0.6 is 58.8 Å². The highest BCUT2D eigenvalue weighted by molar-refractivity contribution is 6.36. The first-order chi connectivity index (χ1) is 14.3. The van der Waals surface area contributed by atoms with Gasteiger partial charge in [-0.05, 0) is 24.3 Å². The Kier molecular flexibility index (Phi) is 9.34. The lowest BCUT2D eigenvalue weighted by Crippen LogP contribution is -2.01. The second kappa shape index (κ2) is 11.5. The molecule has 4 N–H and O–H groups in total. The Bertz CT molecular complexity index is 1010. The van der Waals surface area contributed by atoms with Crippen molar-refractivity contribution in [1.29, 1.82) is 0 Å². The molecule has 4 rings (SSSR count). The van der Waals surface area contributed by atoms with Gasteiger partial charge in [-0.2, -0.15) is 10.2 Å². The number of anilines is 2. The molecule has 0 spiro atoms. The molecule has 0 aliphatic heterocycles. The van der Waals surface area contributed by atoms with Gasteiger partial charge in [0, 0.05) is 43.6 Å². The lowest BCUT2D eigenvalue weighted by Gasteiger charge is -2.06. The van der Waals surface area contributed by atoms with Gasteiger partial charge in [0.25, 0.3) is 0 Å². The summed E-state index contributed by atoms with van der Waals surface area (Å²) in [4.78, 5) is 0. The van der Waals surface area contributed by atoms with E-state index in [1.165, 1.54) is 0 Å². The molecule has 2 heterocycles. The summed E-state index contributed by atoms with van der Waals surface area (Å²) in [5, 5.41) is 10.7. The molecule has 4 aromatic rings. The average molecular weight is 521 g/mol. The molecule has 6 nitrogen and oxygen atoms in total. The largest absolute Gasteiger partial charge is 0.396 e. The summed E-state index contributed by atoms with van der Waals surface area (Å²) in [5.41, 5.74) is 14.1. The fraction of sp³-hybridized carbons (Fsp3) is 0.100.